The summed E-state index contributed by atoms with van der Waals surface area (Å²) >= 11 is 3.40. The van der Waals surface area contributed by atoms with Crippen molar-refractivity contribution in [1.82, 2.24) is 0 Å². The maximum Gasteiger partial charge on any atom is 0.335 e. The molecule has 2 aromatic rings. The lowest BCUT2D eigenvalue weighted by Gasteiger charge is -2.06. The molecule has 2 aromatic carbocycles. The highest BCUT2D eigenvalue weighted by Crippen LogP contribution is 2.30. The number of methoxy groups -OCH3 is 1. The van der Waals surface area contributed by atoms with E-state index < -0.39 is 5.97 Å². The average Bonchev–Trinajstić information content (AvgIpc) is 2.28. The summed E-state index contributed by atoms with van der Waals surface area (Å²) < 4.78 is 5.96. The molecule has 3 nitrogen and oxygen atoms in total. The van der Waals surface area contributed by atoms with Crippen molar-refractivity contribution in [1.29, 1.82) is 0 Å². The molecule has 0 saturated heterocycles. The van der Waals surface area contributed by atoms with E-state index in [1.165, 1.54) is 0 Å². The lowest BCUT2D eigenvalue weighted by atomic mass is 10.1. The van der Waals surface area contributed by atoms with Gasteiger partial charge in [-0.1, -0.05) is 22.0 Å². The standard InChI is InChI=1S/C12H9BrO3/c1-16-9-4-7-2-3-8(12(14)15)5-10(7)11(13)6-9/h2-6H,1H3,(H,14,15). The second kappa shape index (κ2) is 4.14. The number of ether oxygens (including phenoxy) is 1. The van der Waals surface area contributed by atoms with Crippen molar-refractivity contribution >= 4 is 32.7 Å². The minimum atomic E-state index is -0.926. The Morgan fingerprint density at radius 3 is 2.69 bits per heavy atom. The van der Waals surface area contributed by atoms with Crippen LogP contribution >= 0.6 is 15.9 Å². The molecule has 4 heteroatoms. The highest BCUT2D eigenvalue weighted by atomic mass is 79.9. The molecule has 0 aliphatic rings. The molecule has 0 radical (unpaired) electrons. The first kappa shape index (κ1) is 11.0. The molecule has 0 spiro atoms. The first-order chi connectivity index (χ1) is 7.61. The van der Waals surface area contributed by atoms with Crippen LogP contribution < -0.4 is 4.74 Å². The summed E-state index contributed by atoms with van der Waals surface area (Å²) in [6, 6.07) is 8.67. The summed E-state index contributed by atoms with van der Waals surface area (Å²) in [5.74, 6) is -0.188. The van der Waals surface area contributed by atoms with Gasteiger partial charge in [-0.2, -0.15) is 0 Å². The van der Waals surface area contributed by atoms with Gasteiger partial charge >= 0.3 is 5.97 Å². The molecule has 0 aliphatic carbocycles. The summed E-state index contributed by atoms with van der Waals surface area (Å²) in [7, 11) is 1.60. The van der Waals surface area contributed by atoms with Crippen LogP contribution in [0.3, 0.4) is 0 Å². The fraction of sp³-hybridized carbons (Fsp3) is 0.0833. The van der Waals surface area contributed by atoms with Crippen LogP contribution in [0.15, 0.2) is 34.8 Å². The molecule has 0 aromatic heterocycles. The fourth-order valence-electron chi connectivity index (χ4n) is 1.54. The maximum absolute atomic E-state index is 10.8. The van der Waals surface area contributed by atoms with Gasteiger partial charge in [-0.15, -0.1) is 0 Å². The second-order valence-electron chi connectivity index (χ2n) is 3.35. The van der Waals surface area contributed by atoms with Crippen LogP contribution in [-0.2, 0) is 0 Å². The normalized spacial score (nSPS) is 10.4. The number of rotatable bonds is 2. The molecule has 0 unspecified atom stereocenters. The third-order valence-electron chi connectivity index (χ3n) is 2.36. The van der Waals surface area contributed by atoms with E-state index in [9.17, 15) is 4.79 Å². The molecule has 0 heterocycles. The Morgan fingerprint density at radius 1 is 1.31 bits per heavy atom. The monoisotopic (exact) mass is 280 g/mol. The molecule has 82 valence electrons. The first-order valence-corrected chi connectivity index (χ1v) is 5.41. The molecule has 0 aliphatic heterocycles. The van der Waals surface area contributed by atoms with Crippen molar-refractivity contribution in [2.45, 2.75) is 0 Å². The fourth-order valence-corrected chi connectivity index (χ4v) is 2.11. The highest BCUT2D eigenvalue weighted by Gasteiger charge is 2.07. The van der Waals surface area contributed by atoms with Gasteiger partial charge in [0.05, 0.1) is 12.7 Å². The number of aromatic carboxylic acids is 1. The molecule has 16 heavy (non-hydrogen) atoms. The molecule has 0 saturated carbocycles. The van der Waals surface area contributed by atoms with Crippen molar-refractivity contribution in [2.24, 2.45) is 0 Å². The van der Waals surface area contributed by atoms with Gasteiger partial charge in [0.15, 0.2) is 0 Å². The Balaban J connectivity index is 2.70. The van der Waals surface area contributed by atoms with E-state index in [1.54, 1.807) is 25.3 Å². The predicted molar refractivity (Wildman–Crippen MR) is 65.2 cm³/mol. The zero-order valence-electron chi connectivity index (χ0n) is 8.53. The zero-order valence-corrected chi connectivity index (χ0v) is 10.1. The van der Waals surface area contributed by atoms with E-state index in [-0.39, 0.29) is 5.56 Å². The average molecular weight is 281 g/mol. The van der Waals surface area contributed by atoms with E-state index >= 15 is 0 Å². The second-order valence-corrected chi connectivity index (χ2v) is 4.20. The molecule has 2 rings (SSSR count). The number of carbonyl (C=O) groups is 1. The number of halogens is 1. The summed E-state index contributed by atoms with van der Waals surface area (Å²) in [5, 5.41) is 10.7. The Bertz CT molecular complexity index is 563. The third-order valence-corrected chi connectivity index (χ3v) is 3.02. The largest absolute Gasteiger partial charge is 0.497 e. The number of hydrogen-bond donors (Lipinski definition) is 1. The van der Waals surface area contributed by atoms with E-state index in [1.807, 2.05) is 12.1 Å². The minimum absolute atomic E-state index is 0.276. The minimum Gasteiger partial charge on any atom is -0.497 e. The Morgan fingerprint density at radius 2 is 2.06 bits per heavy atom. The van der Waals surface area contributed by atoms with Gasteiger partial charge < -0.3 is 9.84 Å². The molecule has 0 atom stereocenters. The van der Waals surface area contributed by atoms with Crippen LogP contribution in [0.5, 0.6) is 5.75 Å². The van der Waals surface area contributed by atoms with Gasteiger partial charge in [-0.05, 0) is 35.0 Å². The van der Waals surface area contributed by atoms with Crippen LogP contribution in [0.4, 0.5) is 0 Å². The topological polar surface area (TPSA) is 46.5 Å². The molecular weight excluding hydrogens is 272 g/mol. The number of benzene rings is 2. The molecular formula is C12H9BrO3. The quantitative estimate of drug-likeness (QED) is 0.918. The molecule has 0 bridgehead atoms. The lowest BCUT2D eigenvalue weighted by Crippen LogP contribution is -1.95. The van der Waals surface area contributed by atoms with Crippen LogP contribution in [0.1, 0.15) is 10.4 Å². The van der Waals surface area contributed by atoms with Crippen LogP contribution in [0.2, 0.25) is 0 Å². The number of carboxylic acids is 1. The molecule has 1 N–H and O–H groups in total. The van der Waals surface area contributed by atoms with E-state index in [0.29, 0.717) is 0 Å². The van der Waals surface area contributed by atoms with Crippen molar-refractivity contribution in [2.75, 3.05) is 7.11 Å². The lowest BCUT2D eigenvalue weighted by molar-refractivity contribution is 0.0697. The summed E-state index contributed by atoms with van der Waals surface area (Å²) in [4.78, 5) is 10.8. The summed E-state index contributed by atoms with van der Waals surface area (Å²) in [6.45, 7) is 0. The van der Waals surface area contributed by atoms with Crippen molar-refractivity contribution < 1.29 is 14.6 Å². The van der Waals surface area contributed by atoms with Gasteiger partial charge in [-0.25, -0.2) is 4.79 Å². The molecule has 0 fully saturated rings. The van der Waals surface area contributed by atoms with Gasteiger partial charge in [0, 0.05) is 4.47 Å². The maximum atomic E-state index is 10.8. The van der Waals surface area contributed by atoms with Crippen LogP contribution in [0.25, 0.3) is 10.8 Å². The summed E-state index contributed by atoms with van der Waals surface area (Å²) in [5.41, 5.74) is 0.276. The van der Waals surface area contributed by atoms with Gasteiger partial charge in [-0.3, -0.25) is 0 Å². The third kappa shape index (κ3) is 1.88. The number of carboxylic acid groups (broad SMARTS) is 1. The highest BCUT2D eigenvalue weighted by molar-refractivity contribution is 9.10. The Hall–Kier alpha value is -1.55. The van der Waals surface area contributed by atoms with Gasteiger partial charge in [0.1, 0.15) is 5.75 Å². The molecule has 0 amide bonds. The first-order valence-electron chi connectivity index (χ1n) is 4.62. The van der Waals surface area contributed by atoms with Gasteiger partial charge in [0.25, 0.3) is 0 Å². The van der Waals surface area contributed by atoms with Crippen molar-refractivity contribution in [3.05, 3.63) is 40.4 Å². The Kier molecular flexibility index (Phi) is 2.83. The number of fused-ring (bicyclic) bond motifs is 1. The predicted octanol–water partition coefficient (Wildman–Crippen LogP) is 3.31. The smallest absolute Gasteiger partial charge is 0.335 e. The van der Waals surface area contributed by atoms with E-state index in [4.69, 9.17) is 9.84 Å². The van der Waals surface area contributed by atoms with Gasteiger partial charge in [0.2, 0.25) is 0 Å². The Labute approximate surface area is 101 Å². The van der Waals surface area contributed by atoms with E-state index in [0.717, 1.165) is 21.0 Å². The van der Waals surface area contributed by atoms with Crippen LogP contribution in [-0.4, -0.2) is 18.2 Å². The van der Waals surface area contributed by atoms with Crippen molar-refractivity contribution in [3.8, 4) is 5.75 Å². The summed E-state index contributed by atoms with van der Waals surface area (Å²) in [6.07, 6.45) is 0. The SMILES string of the molecule is COc1cc(Br)c2cc(C(=O)O)ccc2c1. The van der Waals surface area contributed by atoms with Crippen LogP contribution in [0, 0.1) is 0 Å². The number of hydrogen-bond acceptors (Lipinski definition) is 2. The van der Waals surface area contributed by atoms with Crippen molar-refractivity contribution in [3.63, 3.8) is 0 Å². The zero-order chi connectivity index (χ0) is 11.7. The van der Waals surface area contributed by atoms with E-state index in [2.05, 4.69) is 15.9 Å².